The molecular formula is C25H30N6O5. The number of nitrogens with zero attached hydrogens (tertiary/aromatic N) is 4. The molecule has 0 spiro atoms. The van der Waals surface area contributed by atoms with Gasteiger partial charge in [-0.05, 0) is 43.2 Å². The smallest absolute Gasteiger partial charge is 0.254 e. The number of aromatic nitrogens is 1. The molecule has 1 atom stereocenters. The summed E-state index contributed by atoms with van der Waals surface area (Å²) in [5, 5.41) is 5.97. The second-order valence-corrected chi connectivity index (χ2v) is 8.18. The first-order valence-corrected chi connectivity index (χ1v) is 11.5. The Morgan fingerprint density at radius 3 is 2.89 bits per heavy atom. The van der Waals surface area contributed by atoms with E-state index >= 15 is 0 Å². The second kappa shape index (κ2) is 13.2. The van der Waals surface area contributed by atoms with E-state index in [4.69, 9.17) is 15.3 Å². The van der Waals surface area contributed by atoms with Gasteiger partial charge in [0.25, 0.3) is 5.91 Å². The van der Waals surface area contributed by atoms with E-state index in [1.807, 2.05) is 25.1 Å². The molecule has 36 heavy (non-hydrogen) atoms. The van der Waals surface area contributed by atoms with E-state index in [2.05, 4.69) is 20.4 Å². The third-order valence-corrected chi connectivity index (χ3v) is 5.71. The number of benzene rings is 1. The summed E-state index contributed by atoms with van der Waals surface area (Å²) in [5.74, 6) is 5.65. The van der Waals surface area contributed by atoms with E-state index in [-0.39, 0.29) is 24.3 Å². The van der Waals surface area contributed by atoms with Crippen LogP contribution in [-0.4, -0.2) is 66.4 Å². The molecule has 0 bridgehead atoms. The SMILES string of the molecule is COCCOCc1cccc(/N=C/C(=N\N)c2ccc3c(c2)CN(C(C)CCC(=O)NC=O)C3=O)n1. The van der Waals surface area contributed by atoms with Crippen LogP contribution in [0.1, 0.15) is 46.9 Å². The van der Waals surface area contributed by atoms with E-state index < -0.39 is 0 Å². The molecule has 2 heterocycles. The van der Waals surface area contributed by atoms with Crippen LogP contribution in [-0.2, 0) is 32.2 Å². The zero-order valence-corrected chi connectivity index (χ0v) is 20.3. The minimum absolute atomic E-state index is 0.103. The van der Waals surface area contributed by atoms with Gasteiger partial charge in [0.2, 0.25) is 12.3 Å². The van der Waals surface area contributed by atoms with Crippen molar-refractivity contribution >= 4 is 36.0 Å². The summed E-state index contributed by atoms with van der Waals surface area (Å²) < 4.78 is 10.5. The van der Waals surface area contributed by atoms with Crippen LogP contribution in [0.25, 0.3) is 0 Å². The van der Waals surface area contributed by atoms with Crippen molar-refractivity contribution in [2.45, 2.75) is 39.0 Å². The molecule has 3 rings (SSSR count). The van der Waals surface area contributed by atoms with Crippen molar-refractivity contribution in [3.05, 3.63) is 58.8 Å². The van der Waals surface area contributed by atoms with E-state index in [1.54, 1.807) is 30.2 Å². The highest BCUT2D eigenvalue weighted by Gasteiger charge is 2.31. The van der Waals surface area contributed by atoms with Crippen LogP contribution in [0.2, 0.25) is 0 Å². The number of nitrogens with one attached hydrogen (secondary N) is 1. The highest BCUT2D eigenvalue weighted by atomic mass is 16.5. The van der Waals surface area contributed by atoms with Crippen molar-refractivity contribution in [3.63, 3.8) is 0 Å². The van der Waals surface area contributed by atoms with Gasteiger partial charge in [-0.2, -0.15) is 5.10 Å². The third kappa shape index (κ3) is 7.03. The number of fused-ring (bicyclic) bond motifs is 1. The van der Waals surface area contributed by atoms with Gasteiger partial charge in [-0.25, -0.2) is 9.98 Å². The lowest BCUT2D eigenvalue weighted by atomic mass is 10.0. The number of carbonyl (C=O) groups is 3. The molecule has 0 aliphatic carbocycles. The predicted octanol–water partition coefficient (Wildman–Crippen LogP) is 1.71. The normalized spacial score (nSPS) is 14.2. The summed E-state index contributed by atoms with van der Waals surface area (Å²) in [6, 6.07) is 10.7. The lowest BCUT2D eigenvalue weighted by Gasteiger charge is -2.23. The van der Waals surface area contributed by atoms with Crippen molar-refractivity contribution in [3.8, 4) is 0 Å². The summed E-state index contributed by atoms with van der Waals surface area (Å²) >= 11 is 0. The van der Waals surface area contributed by atoms with Gasteiger partial charge in [-0.1, -0.05) is 12.1 Å². The number of carbonyl (C=O) groups excluding carboxylic acids is 3. The van der Waals surface area contributed by atoms with E-state index in [0.717, 1.165) is 11.3 Å². The fourth-order valence-electron chi connectivity index (χ4n) is 3.74. The largest absolute Gasteiger partial charge is 0.382 e. The van der Waals surface area contributed by atoms with Crippen LogP contribution >= 0.6 is 0 Å². The van der Waals surface area contributed by atoms with Crippen molar-refractivity contribution in [1.82, 2.24) is 15.2 Å². The van der Waals surface area contributed by atoms with Crippen LogP contribution in [0.15, 0.2) is 46.5 Å². The monoisotopic (exact) mass is 494 g/mol. The standard InChI is InChI=1S/C25H30N6O5/c1-17(6-9-24(33)28-16-32)31-14-19-12-18(7-8-21(19)25(31)34)22(30-26)13-27-23-5-3-4-20(29-23)15-36-11-10-35-2/h3-5,7-8,12-13,16-17H,6,9-11,14-15,26H2,1-2H3,(H,28,32,33)/b27-13+,30-22+. The molecule has 3 N–H and O–H groups in total. The number of hydrogen-bond donors (Lipinski definition) is 2. The lowest BCUT2D eigenvalue weighted by Crippen LogP contribution is -2.34. The van der Waals surface area contributed by atoms with Gasteiger partial charge >= 0.3 is 0 Å². The lowest BCUT2D eigenvalue weighted by molar-refractivity contribution is -0.125. The number of rotatable bonds is 13. The molecule has 1 aromatic heterocycles. The fourth-order valence-corrected chi connectivity index (χ4v) is 3.74. The molecule has 3 amide bonds. The number of aliphatic imine (C=N–C) groups is 1. The topological polar surface area (TPSA) is 149 Å². The zero-order valence-electron chi connectivity index (χ0n) is 20.3. The van der Waals surface area contributed by atoms with Crippen molar-refractivity contribution in [2.24, 2.45) is 15.9 Å². The van der Waals surface area contributed by atoms with Gasteiger partial charge in [-0.15, -0.1) is 0 Å². The molecule has 1 aliphatic rings. The minimum Gasteiger partial charge on any atom is -0.382 e. The molecular weight excluding hydrogens is 464 g/mol. The maximum atomic E-state index is 12.9. The van der Waals surface area contributed by atoms with Gasteiger partial charge in [0.1, 0.15) is 5.71 Å². The summed E-state index contributed by atoms with van der Waals surface area (Å²) in [6.07, 6.45) is 2.48. The number of nitrogens with two attached hydrogens (primary N) is 1. The maximum absolute atomic E-state index is 12.9. The van der Waals surface area contributed by atoms with E-state index in [1.165, 1.54) is 6.21 Å². The average Bonchev–Trinajstić information content (AvgIpc) is 3.22. The molecule has 11 heteroatoms. The summed E-state index contributed by atoms with van der Waals surface area (Å²) in [4.78, 5) is 45.4. The van der Waals surface area contributed by atoms with Crippen molar-refractivity contribution in [1.29, 1.82) is 0 Å². The van der Waals surface area contributed by atoms with Gasteiger partial charge in [0.05, 0.1) is 31.7 Å². The Morgan fingerprint density at radius 2 is 2.14 bits per heavy atom. The quantitative estimate of drug-likeness (QED) is 0.142. The van der Waals surface area contributed by atoms with Crippen LogP contribution in [0.3, 0.4) is 0 Å². The molecule has 1 unspecified atom stereocenters. The molecule has 1 aromatic carbocycles. The number of methoxy groups -OCH3 is 1. The van der Waals surface area contributed by atoms with Crippen molar-refractivity contribution < 1.29 is 23.9 Å². The Kier molecular flexibility index (Phi) is 9.78. The van der Waals surface area contributed by atoms with Crippen LogP contribution in [0, 0.1) is 0 Å². The third-order valence-electron chi connectivity index (χ3n) is 5.71. The van der Waals surface area contributed by atoms with Gasteiger partial charge in [0, 0.05) is 37.2 Å². The molecule has 190 valence electrons. The Morgan fingerprint density at radius 1 is 1.31 bits per heavy atom. The zero-order chi connectivity index (χ0) is 25.9. The number of amides is 3. The minimum atomic E-state index is -0.370. The number of ether oxygens (including phenoxy) is 2. The Balaban J connectivity index is 1.66. The summed E-state index contributed by atoms with van der Waals surface area (Å²) in [5.41, 5.74) is 3.32. The first kappa shape index (κ1) is 26.6. The van der Waals surface area contributed by atoms with E-state index in [0.29, 0.717) is 61.9 Å². The Hall–Kier alpha value is -3.96. The number of hydrazone groups is 1. The number of imide groups is 1. The van der Waals surface area contributed by atoms with Crippen LogP contribution in [0.4, 0.5) is 5.82 Å². The maximum Gasteiger partial charge on any atom is 0.254 e. The predicted molar refractivity (Wildman–Crippen MR) is 134 cm³/mol. The number of hydrogen-bond acceptors (Lipinski definition) is 9. The van der Waals surface area contributed by atoms with Crippen molar-refractivity contribution in [2.75, 3.05) is 20.3 Å². The molecule has 0 fully saturated rings. The fraction of sp³-hybridized carbons (Fsp3) is 0.360. The molecule has 2 aromatic rings. The summed E-state index contributed by atoms with van der Waals surface area (Å²) in [6.45, 7) is 3.61. The summed E-state index contributed by atoms with van der Waals surface area (Å²) in [7, 11) is 1.62. The van der Waals surface area contributed by atoms with Crippen LogP contribution < -0.4 is 11.2 Å². The average molecular weight is 495 g/mol. The number of pyridine rings is 1. The molecule has 0 saturated heterocycles. The highest BCUT2D eigenvalue weighted by Crippen LogP contribution is 2.27. The Bertz CT molecular complexity index is 1150. The Labute approximate surface area is 209 Å². The highest BCUT2D eigenvalue weighted by molar-refractivity contribution is 6.38. The van der Waals surface area contributed by atoms with Gasteiger partial charge in [-0.3, -0.25) is 19.7 Å². The molecule has 1 aliphatic heterocycles. The van der Waals surface area contributed by atoms with E-state index in [9.17, 15) is 14.4 Å². The van der Waals surface area contributed by atoms with Gasteiger partial charge < -0.3 is 20.2 Å². The molecule has 0 radical (unpaired) electrons. The van der Waals surface area contributed by atoms with Crippen LogP contribution in [0.5, 0.6) is 0 Å². The second-order valence-electron chi connectivity index (χ2n) is 8.18. The first-order chi connectivity index (χ1) is 17.5. The molecule has 11 nitrogen and oxygen atoms in total. The molecule has 0 saturated carbocycles. The first-order valence-electron chi connectivity index (χ1n) is 11.5. The van der Waals surface area contributed by atoms with Gasteiger partial charge in [0.15, 0.2) is 5.82 Å².